The van der Waals surface area contributed by atoms with Gasteiger partial charge in [-0.05, 0) is 17.2 Å². The molecule has 0 saturated carbocycles. The van der Waals surface area contributed by atoms with Crippen LogP contribution in [0, 0.1) is 5.41 Å². The number of para-hydroxylation sites is 1. The third kappa shape index (κ3) is 3.11. The van der Waals surface area contributed by atoms with Crippen LogP contribution >= 0.6 is 0 Å². The molecule has 134 valence electrons. The second-order valence-corrected chi connectivity index (χ2v) is 6.97. The lowest BCUT2D eigenvalue weighted by atomic mass is 9.86. The smallest absolute Gasteiger partial charge is 0.315 e. The topological polar surface area (TPSA) is 63.5 Å². The van der Waals surface area contributed by atoms with Gasteiger partial charge in [0.15, 0.2) is 0 Å². The van der Waals surface area contributed by atoms with E-state index in [0.29, 0.717) is 13.1 Å². The molecule has 4 rings (SSSR count). The molecule has 5 nitrogen and oxygen atoms in total. The maximum atomic E-state index is 11.4. The maximum Gasteiger partial charge on any atom is 0.315 e. The van der Waals surface area contributed by atoms with E-state index in [0.717, 1.165) is 6.54 Å². The molecule has 1 fully saturated rings. The quantitative estimate of drug-likeness (QED) is 0.688. The molecule has 2 aromatic carbocycles. The summed E-state index contributed by atoms with van der Waals surface area (Å²) in [5.41, 5.74) is 2.84. The van der Waals surface area contributed by atoms with E-state index in [-0.39, 0.29) is 13.2 Å². The highest BCUT2D eigenvalue weighted by atomic mass is 16.5. The van der Waals surface area contributed by atoms with Gasteiger partial charge in [0.25, 0.3) is 0 Å². The Morgan fingerprint density at radius 2 is 1.85 bits per heavy atom. The number of rotatable bonds is 7. The molecule has 1 saturated heterocycles. The molecular formula is C21H22N2O3. The van der Waals surface area contributed by atoms with Crippen LogP contribution in [0.5, 0.6) is 0 Å². The van der Waals surface area contributed by atoms with Crippen LogP contribution in [0.1, 0.15) is 11.1 Å². The van der Waals surface area contributed by atoms with Crippen molar-refractivity contribution in [2.75, 3.05) is 19.8 Å². The summed E-state index contributed by atoms with van der Waals surface area (Å²) in [6.45, 7) is 2.43. The fourth-order valence-electron chi connectivity index (χ4n) is 3.46. The SMILES string of the molecule is O=C(O)C1(CNCc2cn(Cc3ccccc3)c3ccccc23)COC1. The van der Waals surface area contributed by atoms with E-state index in [1.165, 1.54) is 22.0 Å². The third-order valence-corrected chi connectivity index (χ3v) is 5.06. The number of carboxylic acid groups (broad SMARTS) is 1. The molecule has 0 atom stereocenters. The van der Waals surface area contributed by atoms with Crippen LogP contribution in [0.15, 0.2) is 60.8 Å². The van der Waals surface area contributed by atoms with Crippen LogP contribution in [0.25, 0.3) is 10.9 Å². The largest absolute Gasteiger partial charge is 0.481 e. The minimum Gasteiger partial charge on any atom is -0.481 e. The summed E-state index contributed by atoms with van der Waals surface area (Å²) in [6, 6.07) is 18.7. The van der Waals surface area contributed by atoms with Crippen molar-refractivity contribution in [3.05, 3.63) is 71.9 Å². The molecule has 0 amide bonds. The molecule has 0 unspecified atom stereocenters. The highest BCUT2D eigenvalue weighted by molar-refractivity contribution is 5.84. The number of benzene rings is 2. The molecular weight excluding hydrogens is 328 g/mol. The highest BCUT2D eigenvalue weighted by Gasteiger charge is 2.45. The predicted octanol–water partition coefficient (Wildman–Crippen LogP) is 2.88. The highest BCUT2D eigenvalue weighted by Crippen LogP contribution is 2.27. The minimum absolute atomic E-state index is 0.283. The molecule has 1 aliphatic rings. The van der Waals surface area contributed by atoms with Crippen molar-refractivity contribution in [2.45, 2.75) is 13.1 Å². The zero-order valence-electron chi connectivity index (χ0n) is 14.5. The molecule has 1 aromatic heterocycles. The third-order valence-electron chi connectivity index (χ3n) is 5.06. The lowest BCUT2D eigenvalue weighted by Crippen LogP contribution is -2.55. The number of aliphatic carboxylic acids is 1. The molecule has 2 heterocycles. The Bertz CT molecular complexity index is 913. The van der Waals surface area contributed by atoms with Crippen molar-refractivity contribution in [3.8, 4) is 0 Å². The summed E-state index contributed by atoms with van der Waals surface area (Å²) in [4.78, 5) is 11.4. The number of nitrogens with zero attached hydrogens (tertiary/aromatic N) is 1. The molecule has 0 radical (unpaired) electrons. The molecule has 0 bridgehead atoms. The standard InChI is InChI=1S/C21H22N2O3/c24-20(25)21(14-26-15-21)13-22-10-17-12-23(11-16-6-2-1-3-7-16)19-9-5-4-8-18(17)19/h1-9,12,22H,10-11,13-15H2,(H,24,25). The van der Waals surface area contributed by atoms with Crippen molar-refractivity contribution in [2.24, 2.45) is 5.41 Å². The molecule has 0 spiro atoms. The Morgan fingerprint density at radius 3 is 2.54 bits per heavy atom. The van der Waals surface area contributed by atoms with Gasteiger partial charge in [-0.15, -0.1) is 0 Å². The number of fused-ring (bicyclic) bond motifs is 1. The summed E-state index contributed by atoms with van der Waals surface area (Å²) in [5.74, 6) is -0.789. The lowest BCUT2D eigenvalue weighted by Gasteiger charge is -2.37. The first kappa shape index (κ1) is 16.8. The van der Waals surface area contributed by atoms with E-state index in [1.54, 1.807) is 0 Å². The summed E-state index contributed by atoms with van der Waals surface area (Å²) in [5, 5.41) is 13.9. The fourth-order valence-corrected chi connectivity index (χ4v) is 3.46. The van der Waals surface area contributed by atoms with Gasteiger partial charge in [0.05, 0.1) is 13.2 Å². The average molecular weight is 350 g/mol. The number of ether oxygens (including phenoxy) is 1. The molecule has 26 heavy (non-hydrogen) atoms. The molecule has 1 aliphatic heterocycles. The molecule has 5 heteroatoms. The average Bonchev–Trinajstić information content (AvgIpc) is 2.96. The van der Waals surface area contributed by atoms with E-state index in [4.69, 9.17) is 4.74 Å². The van der Waals surface area contributed by atoms with Crippen LogP contribution in [-0.2, 0) is 22.6 Å². The Balaban J connectivity index is 1.53. The van der Waals surface area contributed by atoms with Gasteiger partial charge >= 0.3 is 5.97 Å². The van der Waals surface area contributed by atoms with Gasteiger partial charge in [0, 0.05) is 36.7 Å². The van der Waals surface area contributed by atoms with Crippen LogP contribution in [0.3, 0.4) is 0 Å². The van der Waals surface area contributed by atoms with Gasteiger partial charge in [-0.3, -0.25) is 4.79 Å². The lowest BCUT2D eigenvalue weighted by molar-refractivity contribution is -0.178. The Hall–Kier alpha value is -2.63. The van der Waals surface area contributed by atoms with E-state index in [9.17, 15) is 9.90 Å². The van der Waals surface area contributed by atoms with Crippen LogP contribution in [-0.4, -0.2) is 35.4 Å². The van der Waals surface area contributed by atoms with Gasteiger partial charge < -0.3 is 19.7 Å². The number of carbonyl (C=O) groups is 1. The second kappa shape index (κ2) is 6.94. The number of carboxylic acids is 1. The van der Waals surface area contributed by atoms with Crippen LogP contribution in [0.2, 0.25) is 0 Å². The van der Waals surface area contributed by atoms with E-state index < -0.39 is 11.4 Å². The first-order valence-electron chi connectivity index (χ1n) is 8.80. The van der Waals surface area contributed by atoms with Gasteiger partial charge in [0.1, 0.15) is 5.41 Å². The second-order valence-electron chi connectivity index (χ2n) is 6.97. The summed E-state index contributed by atoms with van der Waals surface area (Å²) >= 11 is 0. The monoisotopic (exact) mass is 350 g/mol. The zero-order valence-corrected chi connectivity index (χ0v) is 14.5. The fraction of sp³-hybridized carbons (Fsp3) is 0.286. The summed E-state index contributed by atoms with van der Waals surface area (Å²) < 4.78 is 7.37. The normalized spacial score (nSPS) is 15.7. The molecule has 2 N–H and O–H groups in total. The van der Waals surface area contributed by atoms with Gasteiger partial charge in [-0.1, -0.05) is 48.5 Å². The first-order chi connectivity index (χ1) is 12.7. The van der Waals surface area contributed by atoms with Crippen LogP contribution in [0.4, 0.5) is 0 Å². The Morgan fingerprint density at radius 1 is 1.12 bits per heavy atom. The number of hydrogen-bond donors (Lipinski definition) is 2. The van der Waals surface area contributed by atoms with Gasteiger partial charge in [-0.2, -0.15) is 0 Å². The van der Waals surface area contributed by atoms with Crippen molar-refractivity contribution in [3.63, 3.8) is 0 Å². The van der Waals surface area contributed by atoms with Gasteiger partial charge in [-0.25, -0.2) is 0 Å². The van der Waals surface area contributed by atoms with Crippen LogP contribution < -0.4 is 5.32 Å². The molecule has 3 aromatic rings. The van der Waals surface area contributed by atoms with E-state index in [1.807, 2.05) is 18.2 Å². The number of aromatic nitrogens is 1. The summed E-state index contributed by atoms with van der Waals surface area (Å²) in [6.07, 6.45) is 2.16. The minimum atomic E-state index is -0.789. The number of nitrogens with one attached hydrogen (secondary N) is 1. The zero-order chi connectivity index (χ0) is 18.0. The first-order valence-corrected chi connectivity index (χ1v) is 8.80. The summed E-state index contributed by atoms with van der Waals surface area (Å²) in [7, 11) is 0. The Labute approximate surface area is 152 Å². The van der Waals surface area contributed by atoms with Gasteiger partial charge in [0.2, 0.25) is 0 Å². The van der Waals surface area contributed by atoms with Crippen molar-refractivity contribution >= 4 is 16.9 Å². The number of hydrogen-bond acceptors (Lipinski definition) is 3. The van der Waals surface area contributed by atoms with Crippen molar-refractivity contribution in [1.82, 2.24) is 9.88 Å². The van der Waals surface area contributed by atoms with Crippen molar-refractivity contribution in [1.29, 1.82) is 0 Å². The van der Waals surface area contributed by atoms with Crippen molar-refractivity contribution < 1.29 is 14.6 Å². The molecule has 0 aliphatic carbocycles. The maximum absolute atomic E-state index is 11.4. The predicted molar refractivity (Wildman–Crippen MR) is 100 cm³/mol. The van der Waals surface area contributed by atoms with E-state index in [2.05, 4.69) is 52.5 Å². The van der Waals surface area contributed by atoms with E-state index >= 15 is 0 Å². The Kier molecular flexibility index (Phi) is 4.49.